The van der Waals surface area contributed by atoms with E-state index >= 15 is 0 Å². The normalized spacial score (nSPS) is 19.8. The summed E-state index contributed by atoms with van der Waals surface area (Å²) in [4.78, 5) is 3.72. The predicted molar refractivity (Wildman–Crippen MR) is 85.7 cm³/mol. The first kappa shape index (κ1) is 15.9. The molecule has 0 saturated carbocycles. The summed E-state index contributed by atoms with van der Waals surface area (Å²) in [5.74, 6) is 1.87. The van der Waals surface area contributed by atoms with Gasteiger partial charge in [0.1, 0.15) is 0 Å². The summed E-state index contributed by atoms with van der Waals surface area (Å²) in [6.07, 6.45) is 2.41. The van der Waals surface area contributed by atoms with Gasteiger partial charge in [-0.25, -0.2) is 0 Å². The molecule has 1 aromatic rings. The third kappa shape index (κ3) is 5.42. The lowest BCUT2D eigenvalue weighted by Crippen LogP contribution is -2.27. The number of nitriles is 2. The Hall–Kier alpha value is -1.49. The Balaban J connectivity index is 1.71. The van der Waals surface area contributed by atoms with E-state index in [1.165, 1.54) is 11.3 Å². The van der Waals surface area contributed by atoms with Gasteiger partial charge in [-0.05, 0) is 37.4 Å². The monoisotopic (exact) mass is 299 g/mol. The number of rotatable bonds is 7. The van der Waals surface area contributed by atoms with Crippen LogP contribution in [-0.2, 0) is 0 Å². The highest BCUT2D eigenvalue weighted by atomic mass is 32.2. The van der Waals surface area contributed by atoms with Crippen LogP contribution < -0.4 is 0 Å². The van der Waals surface area contributed by atoms with E-state index in [1.54, 1.807) is 0 Å². The molecule has 1 saturated heterocycles. The Morgan fingerprint density at radius 1 is 1.29 bits per heavy atom. The zero-order valence-corrected chi connectivity index (χ0v) is 13.1. The summed E-state index contributed by atoms with van der Waals surface area (Å²) in [6, 6.07) is 15.0. The average Bonchev–Trinajstić information content (AvgIpc) is 2.98. The summed E-state index contributed by atoms with van der Waals surface area (Å²) in [7, 11) is 0. The molecule has 0 amide bonds. The van der Waals surface area contributed by atoms with Gasteiger partial charge in [0, 0.05) is 30.2 Å². The second kappa shape index (κ2) is 8.72. The molecule has 1 heterocycles. The molecule has 1 fully saturated rings. The molecule has 1 aliphatic rings. The molecule has 0 aromatic heterocycles. The first-order valence-corrected chi connectivity index (χ1v) is 8.47. The van der Waals surface area contributed by atoms with Crippen LogP contribution in [0.1, 0.15) is 19.3 Å². The highest BCUT2D eigenvalue weighted by Gasteiger charge is 2.24. The molecule has 21 heavy (non-hydrogen) atoms. The fourth-order valence-corrected chi connectivity index (χ4v) is 3.74. The first-order valence-electron chi connectivity index (χ1n) is 7.48. The van der Waals surface area contributed by atoms with Crippen molar-refractivity contribution in [3.8, 4) is 12.1 Å². The third-order valence-electron chi connectivity index (χ3n) is 3.86. The van der Waals surface area contributed by atoms with Crippen molar-refractivity contribution in [2.75, 3.05) is 25.4 Å². The van der Waals surface area contributed by atoms with Gasteiger partial charge in [-0.2, -0.15) is 10.5 Å². The number of benzene rings is 1. The lowest BCUT2D eigenvalue weighted by Gasteiger charge is -2.18. The van der Waals surface area contributed by atoms with E-state index in [9.17, 15) is 0 Å². The van der Waals surface area contributed by atoms with Crippen LogP contribution in [0, 0.1) is 34.5 Å². The number of likely N-dealkylation sites (tertiary alicyclic amines) is 1. The second-order valence-electron chi connectivity index (χ2n) is 5.56. The van der Waals surface area contributed by atoms with Crippen LogP contribution in [0.5, 0.6) is 0 Å². The maximum Gasteiger partial charge on any atom is 0.0669 e. The summed E-state index contributed by atoms with van der Waals surface area (Å²) in [6.45, 7) is 3.00. The highest BCUT2D eigenvalue weighted by Crippen LogP contribution is 2.26. The maximum atomic E-state index is 9.14. The van der Waals surface area contributed by atoms with Crippen LogP contribution in [0.4, 0.5) is 0 Å². The van der Waals surface area contributed by atoms with Gasteiger partial charge >= 0.3 is 0 Å². The smallest absolute Gasteiger partial charge is 0.0669 e. The lowest BCUT2D eigenvalue weighted by atomic mass is 10.1. The van der Waals surface area contributed by atoms with Gasteiger partial charge < -0.3 is 4.90 Å². The minimum absolute atomic E-state index is 0.00479. The van der Waals surface area contributed by atoms with E-state index in [2.05, 4.69) is 41.3 Å². The Morgan fingerprint density at radius 3 is 2.81 bits per heavy atom. The van der Waals surface area contributed by atoms with Crippen molar-refractivity contribution < 1.29 is 0 Å². The van der Waals surface area contributed by atoms with Crippen molar-refractivity contribution in [1.82, 2.24) is 4.90 Å². The average molecular weight is 299 g/mol. The van der Waals surface area contributed by atoms with Crippen molar-refractivity contribution in [2.24, 2.45) is 11.8 Å². The van der Waals surface area contributed by atoms with E-state index in [0.29, 0.717) is 18.8 Å². The van der Waals surface area contributed by atoms with E-state index in [4.69, 9.17) is 10.5 Å². The molecule has 0 radical (unpaired) electrons. The Bertz CT molecular complexity index is 503. The maximum absolute atomic E-state index is 9.14. The zero-order chi connectivity index (χ0) is 14.9. The van der Waals surface area contributed by atoms with Crippen LogP contribution in [0.15, 0.2) is 35.2 Å². The Labute approximate surface area is 131 Å². The predicted octanol–water partition coefficient (Wildman–Crippen LogP) is 3.54. The minimum atomic E-state index is 0.00479. The van der Waals surface area contributed by atoms with E-state index in [0.717, 1.165) is 25.4 Å². The Kier molecular flexibility index (Phi) is 6.60. The molecule has 110 valence electrons. The van der Waals surface area contributed by atoms with Gasteiger partial charge in [0.25, 0.3) is 0 Å². The van der Waals surface area contributed by atoms with Crippen LogP contribution in [-0.4, -0.2) is 30.3 Å². The molecule has 1 aliphatic heterocycles. The summed E-state index contributed by atoms with van der Waals surface area (Å²) in [5, 5.41) is 17.8. The topological polar surface area (TPSA) is 50.8 Å². The molecule has 0 aliphatic carbocycles. The van der Waals surface area contributed by atoms with Crippen LogP contribution >= 0.6 is 11.8 Å². The molecule has 0 unspecified atom stereocenters. The summed E-state index contributed by atoms with van der Waals surface area (Å²) >= 11 is 1.92. The fraction of sp³-hybridized carbons (Fsp3) is 0.529. The van der Waals surface area contributed by atoms with E-state index < -0.39 is 0 Å². The molecule has 0 bridgehead atoms. The molecule has 4 heteroatoms. The minimum Gasteiger partial charge on any atom is -0.302 e. The van der Waals surface area contributed by atoms with Gasteiger partial charge in [0.15, 0.2) is 0 Å². The summed E-state index contributed by atoms with van der Waals surface area (Å²) in [5.41, 5.74) is 0. The van der Waals surface area contributed by atoms with Crippen molar-refractivity contribution in [2.45, 2.75) is 24.2 Å². The fourth-order valence-electron chi connectivity index (χ4n) is 2.69. The number of nitrogens with zero attached hydrogens (tertiary/aromatic N) is 3. The van der Waals surface area contributed by atoms with E-state index in [1.807, 2.05) is 17.8 Å². The van der Waals surface area contributed by atoms with Crippen molar-refractivity contribution in [1.29, 1.82) is 10.5 Å². The Morgan fingerprint density at radius 2 is 2.10 bits per heavy atom. The quantitative estimate of drug-likeness (QED) is 0.723. The number of hydrogen-bond donors (Lipinski definition) is 0. The van der Waals surface area contributed by atoms with E-state index in [-0.39, 0.29) is 5.92 Å². The molecule has 1 aromatic carbocycles. The molecular weight excluding hydrogens is 278 g/mol. The van der Waals surface area contributed by atoms with Crippen molar-refractivity contribution in [3.05, 3.63) is 30.3 Å². The largest absolute Gasteiger partial charge is 0.302 e. The molecular formula is C17H21N3S. The van der Waals surface area contributed by atoms with Crippen LogP contribution in [0.3, 0.4) is 0 Å². The number of thioether (sulfide) groups is 1. The number of hydrogen-bond acceptors (Lipinski definition) is 4. The van der Waals surface area contributed by atoms with Gasteiger partial charge in [0.05, 0.1) is 18.1 Å². The lowest BCUT2D eigenvalue weighted by molar-refractivity contribution is 0.292. The van der Waals surface area contributed by atoms with Gasteiger partial charge in [-0.1, -0.05) is 18.2 Å². The van der Waals surface area contributed by atoms with Gasteiger partial charge in [-0.3, -0.25) is 0 Å². The first-order chi connectivity index (χ1) is 10.3. The molecule has 2 atom stereocenters. The van der Waals surface area contributed by atoms with Crippen molar-refractivity contribution >= 4 is 11.8 Å². The second-order valence-corrected chi connectivity index (χ2v) is 6.65. The van der Waals surface area contributed by atoms with Crippen LogP contribution in [0.2, 0.25) is 0 Å². The third-order valence-corrected chi connectivity index (χ3v) is 5.11. The molecule has 3 nitrogen and oxygen atoms in total. The molecule has 2 rings (SSSR count). The van der Waals surface area contributed by atoms with Crippen molar-refractivity contribution in [3.63, 3.8) is 0 Å². The highest BCUT2D eigenvalue weighted by molar-refractivity contribution is 7.99. The standard InChI is InChI=1S/C17H21N3S/c18-9-4-5-15(11-19)12-20-10-8-16(13-20)14-21-17-6-2-1-3-7-17/h1-3,6-7,15-16H,4-5,8,10,12-14H2/t15-,16-/m0/s1. The summed E-state index contributed by atoms with van der Waals surface area (Å²) < 4.78 is 0. The zero-order valence-electron chi connectivity index (χ0n) is 12.2. The molecule has 0 spiro atoms. The van der Waals surface area contributed by atoms with Crippen LogP contribution in [0.25, 0.3) is 0 Å². The van der Waals surface area contributed by atoms with Gasteiger partial charge in [-0.15, -0.1) is 11.8 Å². The molecule has 0 N–H and O–H groups in total. The SMILES string of the molecule is N#CCC[C@@H](C#N)CN1CC[C@H](CSc2ccccc2)C1. The van der Waals surface area contributed by atoms with Gasteiger partial charge in [0.2, 0.25) is 0 Å².